The average molecular weight is 303 g/mol. The van der Waals surface area contributed by atoms with Crippen molar-refractivity contribution in [2.24, 2.45) is 0 Å². The molecule has 2 rings (SSSR count). The molecule has 0 radical (unpaired) electrons. The highest BCUT2D eigenvalue weighted by Gasteiger charge is 2.02. The molecule has 4 nitrogen and oxygen atoms in total. The van der Waals surface area contributed by atoms with Gasteiger partial charge in [-0.15, -0.1) is 11.8 Å². The second kappa shape index (κ2) is 7.59. The molecule has 110 valence electrons. The number of ether oxygens (including phenoxy) is 1. The van der Waals surface area contributed by atoms with E-state index in [2.05, 4.69) is 11.4 Å². The van der Waals surface area contributed by atoms with E-state index in [0.29, 0.717) is 18.9 Å². The number of benzene rings is 2. The third-order valence-corrected chi connectivity index (χ3v) is 3.69. The van der Waals surface area contributed by atoms with Crippen LogP contribution in [0.25, 0.3) is 0 Å². The highest BCUT2D eigenvalue weighted by atomic mass is 32.2. The summed E-state index contributed by atoms with van der Waals surface area (Å²) in [6, 6.07) is 14.5. The lowest BCUT2D eigenvalue weighted by atomic mass is 10.2. The van der Waals surface area contributed by atoms with E-state index in [1.165, 1.54) is 17.0 Å². The number of nitrogens with one attached hydrogen (secondary N) is 1. The van der Waals surface area contributed by atoms with Crippen molar-refractivity contribution in [2.45, 2.75) is 4.90 Å². The number of hydrogen-bond donors (Lipinski definition) is 2. The number of carbonyl (C=O) groups is 1. The van der Waals surface area contributed by atoms with Crippen LogP contribution in [0.1, 0.15) is 10.4 Å². The number of thioether (sulfide) groups is 1. The first-order chi connectivity index (χ1) is 10.2. The number of carboxylic acids is 1. The Kier molecular flexibility index (Phi) is 5.51. The normalized spacial score (nSPS) is 10.1. The van der Waals surface area contributed by atoms with Crippen LogP contribution in [0.15, 0.2) is 53.4 Å². The minimum atomic E-state index is -0.933. The van der Waals surface area contributed by atoms with E-state index in [1.807, 2.05) is 24.5 Å². The van der Waals surface area contributed by atoms with Gasteiger partial charge in [-0.1, -0.05) is 12.1 Å². The smallest absolute Gasteiger partial charge is 0.335 e. The van der Waals surface area contributed by atoms with Crippen LogP contribution in [0.2, 0.25) is 0 Å². The fraction of sp³-hybridized carbons (Fsp3) is 0.188. The zero-order valence-electron chi connectivity index (χ0n) is 11.7. The van der Waals surface area contributed by atoms with Crippen LogP contribution in [0.5, 0.6) is 5.75 Å². The summed E-state index contributed by atoms with van der Waals surface area (Å²) >= 11 is 1.70. The third-order valence-electron chi connectivity index (χ3n) is 2.89. The Morgan fingerprint density at radius 1 is 1.19 bits per heavy atom. The molecule has 2 aromatic carbocycles. The van der Waals surface area contributed by atoms with Crippen molar-refractivity contribution >= 4 is 23.4 Å². The van der Waals surface area contributed by atoms with Crippen LogP contribution in [-0.4, -0.2) is 30.5 Å². The molecule has 0 heterocycles. The quantitative estimate of drug-likeness (QED) is 0.604. The van der Waals surface area contributed by atoms with Crippen LogP contribution in [0.4, 0.5) is 5.69 Å². The van der Waals surface area contributed by atoms with Crippen molar-refractivity contribution in [3.8, 4) is 5.75 Å². The first-order valence-corrected chi connectivity index (χ1v) is 7.76. The van der Waals surface area contributed by atoms with Gasteiger partial charge < -0.3 is 15.2 Å². The second-order valence-electron chi connectivity index (χ2n) is 4.31. The molecule has 0 spiro atoms. The summed E-state index contributed by atoms with van der Waals surface area (Å²) < 4.78 is 5.57. The molecule has 5 heteroatoms. The van der Waals surface area contributed by atoms with E-state index in [-0.39, 0.29) is 5.56 Å². The van der Waals surface area contributed by atoms with Gasteiger partial charge in [-0.3, -0.25) is 0 Å². The van der Waals surface area contributed by atoms with E-state index in [9.17, 15) is 4.79 Å². The molecular formula is C16H17NO3S. The average Bonchev–Trinajstić information content (AvgIpc) is 2.52. The summed E-state index contributed by atoms with van der Waals surface area (Å²) in [5.41, 5.74) is 1.35. The first kappa shape index (κ1) is 15.3. The SMILES string of the molecule is CSc1ccccc1NCCOc1ccc(C(=O)O)cc1. The van der Waals surface area contributed by atoms with Gasteiger partial charge in [0.05, 0.1) is 5.56 Å². The van der Waals surface area contributed by atoms with Gasteiger partial charge in [0.1, 0.15) is 12.4 Å². The zero-order chi connectivity index (χ0) is 15.1. The number of aromatic carboxylic acids is 1. The van der Waals surface area contributed by atoms with Gasteiger partial charge in [-0.2, -0.15) is 0 Å². The van der Waals surface area contributed by atoms with Gasteiger partial charge in [0.25, 0.3) is 0 Å². The van der Waals surface area contributed by atoms with Crippen LogP contribution in [0, 0.1) is 0 Å². The van der Waals surface area contributed by atoms with Gasteiger partial charge in [-0.25, -0.2) is 4.79 Å². The van der Waals surface area contributed by atoms with Gasteiger partial charge in [-0.05, 0) is 42.7 Å². The Morgan fingerprint density at radius 3 is 2.57 bits per heavy atom. The molecule has 21 heavy (non-hydrogen) atoms. The number of rotatable bonds is 7. The molecule has 0 aromatic heterocycles. The maximum atomic E-state index is 10.7. The molecular weight excluding hydrogens is 286 g/mol. The summed E-state index contributed by atoms with van der Waals surface area (Å²) in [5.74, 6) is -0.267. The summed E-state index contributed by atoms with van der Waals surface area (Å²) in [7, 11) is 0. The highest BCUT2D eigenvalue weighted by Crippen LogP contribution is 2.24. The standard InChI is InChI=1S/C16H17NO3S/c1-21-15-5-3-2-4-14(15)17-10-11-20-13-8-6-12(7-9-13)16(18)19/h2-9,17H,10-11H2,1H3,(H,18,19). The summed E-state index contributed by atoms with van der Waals surface area (Å²) in [6.45, 7) is 1.19. The van der Waals surface area contributed by atoms with Crippen molar-refractivity contribution in [3.05, 3.63) is 54.1 Å². The minimum Gasteiger partial charge on any atom is -0.492 e. The van der Waals surface area contributed by atoms with E-state index < -0.39 is 5.97 Å². The number of anilines is 1. The molecule has 0 aliphatic heterocycles. The molecule has 0 aliphatic carbocycles. The van der Waals surface area contributed by atoms with Crippen molar-refractivity contribution in [1.82, 2.24) is 0 Å². The molecule has 2 N–H and O–H groups in total. The molecule has 0 saturated carbocycles. The summed E-state index contributed by atoms with van der Waals surface area (Å²) in [6.07, 6.45) is 2.04. The highest BCUT2D eigenvalue weighted by molar-refractivity contribution is 7.98. The van der Waals surface area contributed by atoms with Crippen LogP contribution >= 0.6 is 11.8 Å². The largest absolute Gasteiger partial charge is 0.492 e. The molecule has 0 atom stereocenters. The van der Waals surface area contributed by atoms with Crippen LogP contribution < -0.4 is 10.1 Å². The zero-order valence-corrected chi connectivity index (χ0v) is 12.5. The third kappa shape index (κ3) is 4.43. The van der Waals surface area contributed by atoms with E-state index in [4.69, 9.17) is 9.84 Å². The number of hydrogen-bond acceptors (Lipinski definition) is 4. The van der Waals surface area contributed by atoms with Crippen molar-refractivity contribution < 1.29 is 14.6 Å². The maximum absolute atomic E-state index is 10.7. The van der Waals surface area contributed by atoms with Gasteiger partial charge >= 0.3 is 5.97 Å². The predicted molar refractivity (Wildman–Crippen MR) is 85.6 cm³/mol. The Hall–Kier alpha value is -2.14. The van der Waals surface area contributed by atoms with E-state index in [0.717, 1.165) is 5.69 Å². The predicted octanol–water partition coefficient (Wildman–Crippen LogP) is 3.60. The lowest BCUT2D eigenvalue weighted by Gasteiger charge is -2.11. The Labute approximate surface area is 128 Å². The topological polar surface area (TPSA) is 58.6 Å². The Balaban J connectivity index is 1.80. The van der Waals surface area contributed by atoms with Crippen LogP contribution in [-0.2, 0) is 0 Å². The monoisotopic (exact) mass is 303 g/mol. The minimum absolute atomic E-state index is 0.259. The number of carboxylic acid groups (broad SMARTS) is 1. The molecule has 2 aromatic rings. The van der Waals surface area contributed by atoms with Gasteiger partial charge in [0, 0.05) is 17.1 Å². The van der Waals surface area contributed by atoms with Crippen molar-refractivity contribution in [3.63, 3.8) is 0 Å². The van der Waals surface area contributed by atoms with E-state index >= 15 is 0 Å². The van der Waals surface area contributed by atoms with Crippen molar-refractivity contribution in [2.75, 3.05) is 24.7 Å². The fourth-order valence-electron chi connectivity index (χ4n) is 1.84. The summed E-state index contributed by atoms with van der Waals surface area (Å²) in [5, 5.41) is 12.1. The molecule has 0 fully saturated rings. The van der Waals surface area contributed by atoms with E-state index in [1.54, 1.807) is 23.9 Å². The molecule has 0 amide bonds. The summed E-state index contributed by atoms with van der Waals surface area (Å²) in [4.78, 5) is 11.9. The number of para-hydroxylation sites is 1. The van der Waals surface area contributed by atoms with Gasteiger partial charge in [0.2, 0.25) is 0 Å². The lowest BCUT2D eigenvalue weighted by Crippen LogP contribution is -2.12. The fourth-order valence-corrected chi connectivity index (χ4v) is 2.41. The molecule has 0 bridgehead atoms. The second-order valence-corrected chi connectivity index (χ2v) is 5.15. The Morgan fingerprint density at radius 2 is 1.90 bits per heavy atom. The van der Waals surface area contributed by atoms with Crippen LogP contribution in [0.3, 0.4) is 0 Å². The lowest BCUT2D eigenvalue weighted by molar-refractivity contribution is 0.0697. The molecule has 0 aliphatic rings. The maximum Gasteiger partial charge on any atom is 0.335 e. The Bertz CT molecular complexity index is 599. The van der Waals surface area contributed by atoms with Gasteiger partial charge in [0.15, 0.2) is 0 Å². The molecule has 0 saturated heterocycles. The first-order valence-electron chi connectivity index (χ1n) is 6.54. The molecule has 0 unspecified atom stereocenters. The van der Waals surface area contributed by atoms with Crippen molar-refractivity contribution in [1.29, 1.82) is 0 Å².